The van der Waals surface area contributed by atoms with E-state index in [4.69, 9.17) is 14.9 Å². The molecule has 27 heavy (non-hydrogen) atoms. The summed E-state index contributed by atoms with van der Waals surface area (Å²) in [6.45, 7) is 0.729. The number of aliphatic hydroxyl groups is 1. The highest BCUT2D eigenvalue weighted by molar-refractivity contribution is 6.23. The number of methoxy groups -OCH3 is 2. The molecule has 138 valence electrons. The lowest BCUT2D eigenvalue weighted by molar-refractivity contribution is 0.343. The molecule has 3 N–H and O–H groups in total. The Kier molecular flexibility index (Phi) is 4.19. The molecule has 0 aliphatic carbocycles. The van der Waals surface area contributed by atoms with Crippen LogP contribution in [0.25, 0.3) is 16.6 Å². The number of aromatic amines is 1. The summed E-state index contributed by atoms with van der Waals surface area (Å²) in [5.41, 5.74) is 3.07. The SMILES string of the molecule is COc1ccc(CN2CC(O)=C(c3nc4ccccc4[nH]3)C2=N)cc1OC. The molecule has 0 fully saturated rings. The Balaban J connectivity index is 1.58. The minimum Gasteiger partial charge on any atom is -0.510 e. The molecule has 1 aliphatic heterocycles. The number of imidazole rings is 1. The second kappa shape index (κ2) is 6.68. The fourth-order valence-corrected chi connectivity index (χ4v) is 3.29. The molecule has 7 nitrogen and oxygen atoms in total. The highest BCUT2D eigenvalue weighted by atomic mass is 16.5. The van der Waals surface area contributed by atoms with Crippen molar-refractivity contribution in [3.63, 3.8) is 0 Å². The van der Waals surface area contributed by atoms with Gasteiger partial charge in [0.15, 0.2) is 11.5 Å². The van der Waals surface area contributed by atoms with Gasteiger partial charge in [0.1, 0.15) is 17.4 Å². The van der Waals surface area contributed by atoms with E-state index in [1.807, 2.05) is 42.5 Å². The van der Waals surface area contributed by atoms with Gasteiger partial charge in [0.2, 0.25) is 0 Å². The molecule has 0 spiro atoms. The first kappa shape index (κ1) is 17.0. The van der Waals surface area contributed by atoms with Crippen molar-refractivity contribution in [2.45, 2.75) is 6.54 Å². The minimum absolute atomic E-state index is 0.138. The van der Waals surface area contributed by atoms with Crippen LogP contribution >= 0.6 is 0 Å². The average Bonchev–Trinajstić information content (AvgIpc) is 3.21. The maximum Gasteiger partial charge on any atom is 0.161 e. The number of hydrogen-bond acceptors (Lipinski definition) is 5. The lowest BCUT2D eigenvalue weighted by Crippen LogP contribution is -2.26. The van der Waals surface area contributed by atoms with Gasteiger partial charge in [-0.3, -0.25) is 5.41 Å². The second-order valence-corrected chi connectivity index (χ2v) is 6.32. The van der Waals surface area contributed by atoms with E-state index >= 15 is 0 Å². The average molecular weight is 364 g/mol. The van der Waals surface area contributed by atoms with Gasteiger partial charge in [0.05, 0.1) is 37.4 Å². The van der Waals surface area contributed by atoms with E-state index in [1.165, 1.54) is 0 Å². The Bertz CT molecular complexity index is 1020. The van der Waals surface area contributed by atoms with Crippen LogP contribution < -0.4 is 9.47 Å². The number of aliphatic hydroxyl groups excluding tert-OH is 1. The largest absolute Gasteiger partial charge is 0.510 e. The first-order valence-electron chi connectivity index (χ1n) is 8.52. The predicted molar refractivity (Wildman–Crippen MR) is 103 cm³/mol. The van der Waals surface area contributed by atoms with Gasteiger partial charge >= 0.3 is 0 Å². The molecule has 0 atom stereocenters. The number of benzene rings is 2. The summed E-state index contributed by atoms with van der Waals surface area (Å²) in [4.78, 5) is 9.48. The van der Waals surface area contributed by atoms with Crippen molar-refractivity contribution in [3.05, 3.63) is 59.6 Å². The first-order valence-corrected chi connectivity index (χ1v) is 8.52. The molecule has 7 heteroatoms. The monoisotopic (exact) mass is 364 g/mol. The first-order chi connectivity index (χ1) is 13.1. The lowest BCUT2D eigenvalue weighted by atomic mass is 10.2. The van der Waals surface area contributed by atoms with Gasteiger partial charge in [-0.15, -0.1) is 0 Å². The number of rotatable bonds is 5. The number of fused-ring (bicyclic) bond motifs is 1. The van der Waals surface area contributed by atoms with Crippen LogP contribution in [-0.4, -0.2) is 46.6 Å². The van der Waals surface area contributed by atoms with Crippen molar-refractivity contribution >= 4 is 22.4 Å². The lowest BCUT2D eigenvalue weighted by Gasteiger charge is -2.19. The fourth-order valence-electron chi connectivity index (χ4n) is 3.29. The molecular weight excluding hydrogens is 344 g/mol. The number of ether oxygens (including phenoxy) is 2. The van der Waals surface area contributed by atoms with Gasteiger partial charge < -0.3 is 24.5 Å². The summed E-state index contributed by atoms with van der Waals surface area (Å²) in [6, 6.07) is 13.3. The Hall–Kier alpha value is -3.48. The van der Waals surface area contributed by atoms with Crippen LogP contribution in [0.15, 0.2) is 48.2 Å². The molecule has 0 saturated heterocycles. The van der Waals surface area contributed by atoms with Crippen LogP contribution in [-0.2, 0) is 6.54 Å². The second-order valence-electron chi connectivity index (χ2n) is 6.32. The number of nitrogens with zero attached hydrogens (tertiary/aromatic N) is 2. The molecular formula is C20H20N4O3. The van der Waals surface area contributed by atoms with Crippen LogP contribution in [0, 0.1) is 5.41 Å². The van der Waals surface area contributed by atoms with Crippen molar-refractivity contribution in [2.75, 3.05) is 20.8 Å². The van der Waals surface area contributed by atoms with Gasteiger partial charge in [-0.05, 0) is 29.8 Å². The zero-order valence-corrected chi connectivity index (χ0v) is 15.1. The Morgan fingerprint density at radius 2 is 1.93 bits per heavy atom. The third-order valence-corrected chi connectivity index (χ3v) is 4.63. The number of H-pyrrole nitrogens is 1. The molecule has 2 heterocycles. The minimum atomic E-state index is 0.138. The van der Waals surface area contributed by atoms with Crippen molar-refractivity contribution in [3.8, 4) is 11.5 Å². The summed E-state index contributed by atoms with van der Waals surface area (Å²) in [6.07, 6.45) is 0. The highest BCUT2D eigenvalue weighted by Gasteiger charge is 2.30. The molecule has 0 unspecified atom stereocenters. The van der Waals surface area contributed by atoms with E-state index in [-0.39, 0.29) is 18.1 Å². The van der Waals surface area contributed by atoms with E-state index in [9.17, 15) is 5.11 Å². The van der Waals surface area contributed by atoms with Gasteiger partial charge in [-0.1, -0.05) is 18.2 Å². The number of aromatic nitrogens is 2. The third kappa shape index (κ3) is 2.97. The summed E-state index contributed by atoms with van der Waals surface area (Å²) in [5, 5.41) is 19.0. The van der Waals surface area contributed by atoms with Gasteiger partial charge in [-0.25, -0.2) is 4.98 Å². The van der Waals surface area contributed by atoms with E-state index in [2.05, 4.69) is 9.97 Å². The maximum absolute atomic E-state index is 10.5. The number of nitrogens with one attached hydrogen (secondary N) is 2. The van der Waals surface area contributed by atoms with Gasteiger partial charge in [0.25, 0.3) is 0 Å². The molecule has 4 rings (SSSR count). The molecule has 3 aromatic rings. The summed E-state index contributed by atoms with van der Waals surface area (Å²) in [7, 11) is 3.18. The topological polar surface area (TPSA) is 94.5 Å². The Labute approximate surface area is 156 Å². The van der Waals surface area contributed by atoms with E-state index in [0.717, 1.165) is 16.6 Å². The van der Waals surface area contributed by atoms with Crippen molar-refractivity contribution in [1.29, 1.82) is 5.41 Å². The van der Waals surface area contributed by atoms with Crippen LogP contribution in [0.2, 0.25) is 0 Å². The number of para-hydroxylation sites is 2. The summed E-state index contributed by atoms with van der Waals surface area (Å²) in [5.74, 6) is 2.17. The molecule has 0 amide bonds. The highest BCUT2D eigenvalue weighted by Crippen LogP contribution is 2.31. The molecule has 2 aromatic carbocycles. The van der Waals surface area contributed by atoms with E-state index in [1.54, 1.807) is 19.1 Å². The zero-order chi connectivity index (χ0) is 19.0. The maximum atomic E-state index is 10.5. The van der Waals surface area contributed by atoms with Crippen molar-refractivity contribution in [2.24, 2.45) is 0 Å². The van der Waals surface area contributed by atoms with Gasteiger partial charge in [0, 0.05) is 6.54 Å². The quantitative estimate of drug-likeness (QED) is 0.645. The molecule has 1 aliphatic rings. The number of hydrogen-bond donors (Lipinski definition) is 3. The van der Waals surface area contributed by atoms with E-state index in [0.29, 0.717) is 29.4 Å². The van der Waals surface area contributed by atoms with Crippen LogP contribution in [0.3, 0.4) is 0 Å². The Morgan fingerprint density at radius 1 is 1.15 bits per heavy atom. The number of amidine groups is 1. The predicted octanol–water partition coefficient (Wildman–Crippen LogP) is 3.34. The van der Waals surface area contributed by atoms with Gasteiger partial charge in [-0.2, -0.15) is 0 Å². The molecule has 0 bridgehead atoms. The third-order valence-electron chi connectivity index (χ3n) is 4.63. The van der Waals surface area contributed by atoms with Crippen molar-refractivity contribution < 1.29 is 14.6 Å². The van der Waals surface area contributed by atoms with Crippen LogP contribution in [0.1, 0.15) is 11.4 Å². The zero-order valence-electron chi connectivity index (χ0n) is 15.1. The summed E-state index contributed by atoms with van der Waals surface area (Å²) >= 11 is 0. The van der Waals surface area contributed by atoms with Crippen molar-refractivity contribution in [1.82, 2.24) is 14.9 Å². The molecule has 0 radical (unpaired) electrons. The summed E-state index contributed by atoms with van der Waals surface area (Å²) < 4.78 is 10.6. The van der Waals surface area contributed by atoms with E-state index < -0.39 is 0 Å². The fraction of sp³-hybridized carbons (Fsp3) is 0.200. The molecule has 0 saturated carbocycles. The standard InChI is InChI=1S/C20H20N4O3/c1-26-16-8-7-12(9-17(16)27-2)10-24-11-15(25)18(19(24)21)20-22-13-5-3-4-6-14(13)23-20/h3-9,21,25H,10-11H2,1-2H3,(H,22,23). The normalized spacial score (nSPS) is 14.3. The smallest absolute Gasteiger partial charge is 0.161 e. The molecule has 1 aromatic heterocycles. The van der Waals surface area contributed by atoms with Crippen LogP contribution in [0.4, 0.5) is 0 Å². The van der Waals surface area contributed by atoms with Crippen LogP contribution in [0.5, 0.6) is 11.5 Å². The Morgan fingerprint density at radius 3 is 2.67 bits per heavy atom.